The van der Waals surface area contributed by atoms with Crippen molar-refractivity contribution in [3.63, 3.8) is 0 Å². The van der Waals surface area contributed by atoms with E-state index in [2.05, 4.69) is 52.9 Å². The minimum Gasteiger partial charge on any atom is -0.497 e. The minimum atomic E-state index is 0.461. The second kappa shape index (κ2) is 8.21. The largest absolute Gasteiger partial charge is 0.497 e. The summed E-state index contributed by atoms with van der Waals surface area (Å²) in [5.41, 5.74) is 2.37. The number of hydrogen-bond acceptors (Lipinski definition) is 4. The van der Waals surface area contributed by atoms with Crippen LogP contribution < -0.4 is 4.74 Å². The maximum atomic E-state index is 5.25. The average molecular weight is 353 g/mol. The number of hydrogen-bond donors (Lipinski definition) is 0. The third kappa shape index (κ3) is 4.42. The summed E-state index contributed by atoms with van der Waals surface area (Å²) in [4.78, 5) is 0. The van der Waals surface area contributed by atoms with E-state index in [4.69, 9.17) is 4.74 Å². The molecule has 1 heterocycles. The Morgan fingerprint density at radius 1 is 1.00 bits per heavy atom. The lowest BCUT2D eigenvalue weighted by atomic mass is 10.1. The van der Waals surface area contributed by atoms with E-state index in [1.165, 1.54) is 5.56 Å². The number of aryl methyl sites for hydroxylation is 1. The third-order valence-electron chi connectivity index (χ3n) is 3.87. The molecule has 3 rings (SSSR count). The highest BCUT2D eigenvalue weighted by atomic mass is 32.2. The van der Waals surface area contributed by atoms with Gasteiger partial charge in [-0.2, -0.15) is 0 Å². The van der Waals surface area contributed by atoms with Gasteiger partial charge in [0.25, 0.3) is 0 Å². The van der Waals surface area contributed by atoms with Crippen LogP contribution in [-0.4, -0.2) is 27.1 Å². The van der Waals surface area contributed by atoms with E-state index in [1.54, 1.807) is 18.9 Å². The van der Waals surface area contributed by atoms with Crippen LogP contribution in [0.3, 0.4) is 0 Å². The number of ether oxygens (including phenoxy) is 1. The summed E-state index contributed by atoms with van der Waals surface area (Å²) < 4.78 is 7.47. The van der Waals surface area contributed by atoms with Crippen LogP contribution in [0, 0.1) is 0 Å². The van der Waals surface area contributed by atoms with Crippen molar-refractivity contribution >= 4 is 11.8 Å². The van der Waals surface area contributed by atoms with Crippen molar-refractivity contribution in [2.45, 2.75) is 37.2 Å². The molecule has 0 amide bonds. The first kappa shape index (κ1) is 17.5. The summed E-state index contributed by atoms with van der Waals surface area (Å²) in [5.74, 6) is 1.75. The van der Waals surface area contributed by atoms with Crippen LogP contribution in [0.4, 0.5) is 0 Å². The molecule has 0 radical (unpaired) electrons. The number of thioether (sulfide) groups is 1. The smallest absolute Gasteiger partial charge is 0.191 e. The Labute approximate surface area is 153 Å². The van der Waals surface area contributed by atoms with Crippen LogP contribution in [0.15, 0.2) is 59.8 Å². The summed E-state index contributed by atoms with van der Waals surface area (Å²) in [5, 5.41) is 10.3. The van der Waals surface area contributed by atoms with Gasteiger partial charge in [-0.3, -0.25) is 0 Å². The first-order valence-electron chi connectivity index (χ1n) is 8.45. The summed E-state index contributed by atoms with van der Waals surface area (Å²) in [6.07, 6.45) is 0.952. The molecule has 0 saturated heterocycles. The van der Waals surface area contributed by atoms with Crippen molar-refractivity contribution in [2.75, 3.05) is 7.11 Å². The molecule has 0 N–H and O–H groups in total. The van der Waals surface area contributed by atoms with Gasteiger partial charge in [0.1, 0.15) is 5.75 Å². The Bertz CT molecular complexity index is 798. The van der Waals surface area contributed by atoms with Crippen molar-refractivity contribution in [3.8, 4) is 17.1 Å². The van der Waals surface area contributed by atoms with E-state index in [-0.39, 0.29) is 0 Å². The number of nitrogens with zero attached hydrogens (tertiary/aromatic N) is 3. The van der Waals surface area contributed by atoms with Gasteiger partial charge >= 0.3 is 0 Å². The highest BCUT2D eigenvalue weighted by molar-refractivity contribution is 7.99. The van der Waals surface area contributed by atoms with Crippen molar-refractivity contribution in [1.82, 2.24) is 14.8 Å². The molecule has 0 atom stereocenters. The van der Waals surface area contributed by atoms with Crippen LogP contribution in [0.1, 0.15) is 19.4 Å². The number of benzene rings is 2. The Balaban J connectivity index is 1.89. The molecule has 1 aromatic heterocycles. The molecule has 25 heavy (non-hydrogen) atoms. The Hall–Kier alpha value is -2.27. The highest BCUT2D eigenvalue weighted by Gasteiger charge is 2.15. The lowest BCUT2D eigenvalue weighted by molar-refractivity contribution is 0.415. The van der Waals surface area contributed by atoms with Crippen molar-refractivity contribution in [2.24, 2.45) is 0 Å². The predicted molar refractivity (Wildman–Crippen MR) is 103 cm³/mol. The van der Waals surface area contributed by atoms with Crippen LogP contribution in [-0.2, 0) is 13.0 Å². The fourth-order valence-electron chi connectivity index (χ4n) is 2.63. The maximum Gasteiger partial charge on any atom is 0.191 e. The molecule has 0 unspecified atom stereocenters. The van der Waals surface area contributed by atoms with E-state index < -0.39 is 0 Å². The zero-order chi connectivity index (χ0) is 17.6. The van der Waals surface area contributed by atoms with E-state index in [1.807, 2.05) is 30.3 Å². The Morgan fingerprint density at radius 3 is 2.36 bits per heavy atom. The summed E-state index contributed by atoms with van der Waals surface area (Å²) in [6, 6.07) is 18.5. The highest BCUT2D eigenvalue weighted by Crippen LogP contribution is 2.28. The third-order valence-corrected chi connectivity index (χ3v) is 4.86. The van der Waals surface area contributed by atoms with Crippen LogP contribution in [0.25, 0.3) is 11.4 Å². The maximum absolute atomic E-state index is 5.25. The van der Waals surface area contributed by atoms with Gasteiger partial charge in [-0.05, 0) is 36.2 Å². The van der Waals surface area contributed by atoms with E-state index in [9.17, 15) is 0 Å². The molecule has 0 aliphatic rings. The van der Waals surface area contributed by atoms with Crippen LogP contribution in [0.2, 0.25) is 0 Å². The summed E-state index contributed by atoms with van der Waals surface area (Å²) >= 11 is 1.75. The first-order valence-corrected chi connectivity index (χ1v) is 9.33. The molecule has 0 spiro atoms. The van der Waals surface area contributed by atoms with Gasteiger partial charge in [-0.15, -0.1) is 10.2 Å². The average Bonchev–Trinajstić information content (AvgIpc) is 3.02. The minimum absolute atomic E-state index is 0.461. The normalized spacial score (nSPS) is 11.0. The van der Waals surface area contributed by atoms with Crippen molar-refractivity contribution in [1.29, 1.82) is 0 Å². The van der Waals surface area contributed by atoms with Gasteiger partial charge < -0.3 is 9.30 Å². The lowest BCUT2D eigenvalue weighted by Gasteiger charge is -2.12. The number of rotatable bonds is 7. The SMILES string of the molecule is COc1ccc(-c2nnc(SC(C)C)n2CCc2ccccc2)cc1. The molecular weight excluding hydrogens is 330 g/mol. The quantitative estimate of drug-likeness (QED) is 0.577. The molecule has 2 aromatic carbocycles. The van der Waals surface area contributed by atoms with Gasteiger partial charge in [0.05, 0.1) is 7.11 Å². The van der Waals surface area contributed by atoms with Crippen molar-refractivity contribution in [3.05, 3.63) is 60.2 Å². The molecule has 130 valence electrons. The second-order valence-electron chi connectivity index (χ2n) is 6.09. The van der Waals surface area contributed by atoms with Crippen LogP contribution >= 0.6 is 11.8 Å². The lowest BCUT2D eigenvalue weighted by Crippen LogP contribution is -2.06. The zero-order valence-electron chi connectivity index (χ0n) is 14.8. The Kier molecular flexibility index (Phi) is 5.76. The second-order valence-corrected chi connectivity index (χ2v) is 7.63. The molecule has 5 heteroatoms. The van der Waals surface area contributed by atoms with Gasteiger partial charge in [0.15, 0.2) is 11.0 Å². The zero-order valence-corrected chi connectivity index (χ0v) is 15.7. The number of methoxy groups -OCH3 is 1. The van der Waals surface area contributed by atoms with E-state index in [0.717, 1.165) is 35.3 Å². The molecule has 4 nitrogen and oxygen atoms in total. The topological polar surface area (TPSA) is 39.9 Å². The van der Waals surface area contributed by atoms with Gasteiger partial charge in [0.2, 0.25) is 0 Å². The standard InChI is InChI=1S/C20H23N3OS/c1-15(2)25-20-22-21-19(17-9-11-18(24-3)12-10-17)23(20)14-13-16-7-5-4-6-8-16/h4-12,15H,13-14H2,1-3H3. The number of aromatic nitrogens is 3. The molecule has 0 fully saturated rings. The van der Waals surface area contributed by atoms with Crippen LogP contribution in [0.5, 0.6) is 5.75 Å². The molecular formula is C20H23N3OS. The van der Waals surface area contributed by atoms with Gasteiger partial charge in [-0.1, -0.05) is 55.9 Å². The molecule has 3 aromatic rings. The summed E-state index contributed by atoms with van der Waals surface area (Å²) in [6.45, 7) is 5.20. The van der Waals surface area contributed by atoms with Gasteiger partial charge in [0, 0.05) is 17.4 Å². The molecule has 0 aliphatic heterocycles. The molecule has 0 aliphatic carbocycles. The summed E-state index contributed by atoms with van der Waals surface area (Å²) in [7, 11) is 1.68. The van der Waals surface area contributed by atoms with Gasteiger partial charge in [-0.25, -0.2) is 0 Å². The monoisotopic (exact) mass is 353 g/mol. The Morgan fingerprint density at radius 2 is 1.72 bits per heavy atom. The molecule has 0 bridgehead atoms. The predicted octanol–water partition coefficient (Wildman–Crippen LogP) is 4.70. The van der Waals surface area contributed by atoms with E-state index >= 15 is 0 Å². The van der Waals surface area contributed by atoms with E-state index in [0.29, 0.717) is 5.25 Å². The van der Waals surface area contributed by atoms with Crippen molar-refractivity contribution < 1.29 is 4.74 Å². The fourth-order valence-corrected chi connectivity index (χ4v) is 3.44. The molecule has 0 saturated carbocycles. The fraction of sp³-hybridized carbons (Fsp3) is 0.300. The first-order chi connectivity index (χ1) is 12.2.